The van der Waals surface area contributed by atoms with Gasteiger partial charge in [0.2, 0.25) is 5.91 Å². The van der Waals surface area contributed by atoms with Crippen LogP contribution < -0.4 is 9.80 Å². The number of carbonyl (C=O) groups is 1. The molecule has 3 aliphatic heterocycles. The van der Waals surface area contributed by atoms with E-state index in [4.69, 9.17) is 4.98 Å². The van der Waals surface area contributed by atoms with Crippen molar-refractivity contribution in [3.05, 3.63) is 57.9 Å². The van der Waals surface area contributed by atoms with E-state index in [0.717, 1.165) is 34.4 Å². The molecule has 0 unspecified atom stereocenters. The lowest BCUT2D eigenvalue weighted by Gasteiger charge is -2.51. The maximum atomic E-state index is 15.3. The number of carbonyl (C=O) groups excluding carboxylic acids is 1. The predicted molar refractivity (Wildman–Crippen MR) is 147 cm³/mol. The van der Waals surface area contributed by atoms with Crippen LogP contribution in [0.4, 0.5) is 19.6 Å². The Kier molecular flexibility index (Phi) is 6.29. The van der Waals surface area contributed by atoms with Crippen molar-refractivity contribution in [3.8, 4) is 17.2 Å². The highest BCUT2D eigenvalue weighted by atomic mass is 32.1. The van der Waals surface area contributed by atoms with Crippen LogP contribution in [0.3, 0.4) is 0 Å². The van der Waals surface area contributed by atoms with Crippen LogP contribution in [0.2, 0.25) is 0 Å². The molecular weight excluding hydrogens is 518 g/mol. The van der Waals surface area contributed by atoms with Crippen molar-refractivity contribution in [2.24, 2.45) is 5.41 Å². The highest BCUT2D eigenvalue weighted by Gasteiger charge is 2.54. The van der Waals surface area contributed by atoms with Gasteiger partial charge in [0.15, 0.2) is 0 Å². The van der Waals surface area contributed by atoms with E-state index in [2.05, 4.69) is 27.8 Å². The Morgan fingerprint density at radius 2 is 2.08 bits per heavy atom. The number of thiazole rings is 1. The SMILES string of the molecule is CCC(=O)N1CC2(CCN(c3nc4c(c(-c5ccc(F)cc5F)c3C#N)CCN(c3scnc3C)C4)[C@H]2C)C1. The van der Waals surface area contributed by atoms with E-state index in [0.29, 0.717) is 62.5 Å². The number of hydrogen-bond donors (Lipinski definition) is 0. The lowest BCUT2D eigenvalue weighted by molar-refractivity contribution is -0.143. The number of anilines is 2. The Balaban J connectivity index is 1.46. The molecule has 0 saturated carbocycles. The van der Waals surface area contributed by atoms with Crippen LogP contribution in [0.15, 0.2) is 23.7 Å². The topological polar surface area (TPSA) is 76.4 Å². The molecule has 7 nitrogen and oxygen atoms in total. The monoisotopic (exact) mass is 548 g/mol. The van der Waals surface area contributed by atoms with Crippen molar-refractivity contribution in [2.45, 2.75) is 52.6 Å². The first-order chi connectivity index (χ1) is 18.8. The minimum Gasteiger partial charge on any atom is -0.356 e. The second kappa shape index (κ2) is 9.56. The van der Waals surface area contributed by atoms with Gasteiger partial charge < -0.3 is 14.7 Å². The molecule has 1 spiro atoms. The van der Waals surface area contributed by atoms with E-state index < -0.39 is 11.6 Å². The van der Waals surface area contributed by atoms with E-state index in [1.54, 1.807) is 11.3 Å². The van der Waals surface area contributed by atoms with Crippen molar-refractivity contribution in [2.75, 3.05) is 36.0 Å². The Bertz CT molecular complexity index is 1510. The zero-order chi connectivity index (χ0) is 27.5. The van der Waals surface area contributed by atoms with Crippen LogP contribution in [0, 0.1) is 35.3 Å². The van der Waals surface area contributed by atoms with Gasteiger partial charge in [0, 0.05) is 61.2 Å². The number of pyridine rings is 1. The van der Waals surface area contributed by atoms with Gasteiger partial charge in [-0.05, 0) is 44.4 Å². The summed E-state index contributed by atoms with van der Waals surface area (Å²) in [6, 6.07) is 5.94. The summed E-state index contributed by atoms with van der Waals surface area (Å²) in [4.78, 5) is 28.0. The number of aryl methyl sites for hydroxylation is 1. The number of aromatic nitrogens is 2. The van der Waals surface area contributed by atoms with E-state index in [1.165, 1.54) is 12.1 Å². The molecule has 3 aliphatic rings. The zero-order valence-electron chi connectivity index (χ0n) is 22.3. The third-order valence-corrected chi connectivity index (χ3v) is 9.79. The molecule has 1 aromatic carbocycles. The average Bonchev–Trinajstić information content (AvgIpc) is 3.49. The summed E-state index contributed by atoms with van der Waals surface area (Å²) in [7, 11) is 0. The van der Waals surface area contributed by atoms with Crippen molar-refractivity contribution >= 4 is 28.1 Å². The minimum atomic E-state index is -0.690. The fraction of sp³-hybridized carbons (Fsp3) is 0.448. The third kappa shape index (κ3) is 4.06. The molecule has 0 N–H and O–H groups in total. The second-order valence-electron chi connectivity index (χ2n) is 10.8. The Morgan fingerprint density at radius 3 is 2.74 bits per heavy atom. The molecule has 39 heavy (non-hydrogen) atoms. The molecule has 2 fully saturated rings. The first-order valence-electron chi connectivity index (χ1n) is 13.4. The molecule has 6 rings (SSSR count). The standard InChI is InChI=1S/C29H30F2N6OS/c1-4-25(38)36-14-29(15-36)8-10-37(18(29)3)27-22(12-32)26(20-6-5-19(30)11-23(20)31)21-7-9-35(13-24(21)34-27)28-17(2)33-16-39-28/h5-6,11,16,18H,4,7-10,13-15H2,1-3H3/t18-/m0/s1. The van der Waals surface area contributed by atoms with Gasteiger partial charge in [-0.2, -0.15) is 5.26 Å². The maximum absolute atomic E-state index is 15.3. The summed E-state index contributed by atoms with van der Waals surface area (Å²) < 4.78 is 29.1. The molecule has 5 heterocycles. The molecule has 0 bridgehead atoms. The van der Waals surface area contributed by atoms with Crippen molar-refractivity contribution < 1.29 is 13.6 Å². The smallest absolute Gasteiger partial charge is 0.222 e. The normalized spacial score (nSPS) is 19.7. The van der Waals surface area contributed by atoms with Crippen LogP contribution in [-0.4, -0.2) is 53.0 Å². The van der Waals surface area contributed by atoms with Gasteiger partial charge in [-0.15, -0.1) is 11.3 Å². The number of halogens is 2. The Hall–Kier alpha value is -3.58. The highest BCUT2D eigenvalue weighted by molar-refractivity contribution is 7.14. The number of likely N-dealkylation sites (tertiary alicyclic amines) is 1. The first kappa shape index (κ1) is 25.7. The van der Waals surface area contributed by atoms with Gasteiger partial charge in [-0.25, -0.2) is 18.7 Å². The molecule has 1 amide bonds. The fourth-order valence-corrected chi connectivity index (χ4v) is 7.38. The molecule has 10 heteroatoms. The summed E-state index contributed by atoms with van der Waals surface area (Å²) >= 11 is 1.58. The molecule has 202 valence electrons. The Morgan fingerprint density at radius 1 is 1.28 bits per heavy atom. The van der Waals surface area contributed by atoms with Crippen LogP contribution >= 0.6 is 11.3 Å². The highest BCUT2D eigenvalue weighted by Crippen LogP contribution is 2.48. The van der Waals surface area contributed by atoms with Crippen molar-refractivity contribution in [1.29, 1.82) is 5.26 Å². The summed E-state index contributed by atoms with van der Waals surface area (Å²) in [5, 5.41) is 11.5. The molecule has 1 atom stereocenters. The lowest BCUT2D eigenvalue weighted by atomic mass is 9.73. The first-order valence-corrected chi connectivity index (χ1v) is 14.2. The zero-order valence-corrected chi connectivity index (χ0v) is 23.1. The van der Waals surface area contributed by atoms with Gasteiger partial charge in [0.25, 0.3) is 0 Å². The quantitative estimate of drug-likeness (QED) is 0.454. The van der Waals surface area contributed by atoms with E-state index >= 15 is 4.39 Å². The molecule has 2 aromatic heterocycles. The molecular formula is C29H30F2N6OS. The van der Waals surface area contributed by atoms with Gasteiger partial charge >= 0.3 is 0 Å². The number of nitrogens with zero attached hydrogens (tertiary/aromatic N) is 6. The van der Waals surface area contributed by atoms with Crippen LogP contribution in [0.5, 0.6) is 0 Å². The molecule has 3 aromatic rings. The summed E-state index contributed by atoms with van der Waals surface area (Å²) in [5.41, 5.74) is 5.42. The van der Waals surface area contributed by atoms with Crippen LogP contribution in [-0.2, 0) is 17.8 Å². The van der Waals surface area contributed by atoms with E-state index in [9.17, 15) is 14.4 Å². The minimum absolute atomic E-state index is 0.0467. The molecule has 2 saturated heterocycles. The largest absolute Gasteiger partial charge is 0.356 e. The van der Waals surface area contributed by atoms with Crippen molar-refractivity contribution in [3.63, 3.8) is 0 Å². The van der Waals surface area contributed by atoms with Gasteiger partial charge in [-0.3, -0.25) is 4.79 Å². The number of hydrogen-bond acceptors (Lipinski definition) is 7. The fourth-order valence-electron chi connectivity index (χ4n) is 6.54. The van der Waals surface area contributed by atoms with Crippen LogP contribution in [0.25, 0.3) is 11.1 Å². The lowest BCUT2D eigenvalue weighted by Crippen LogP contribution is -2.62. The summed E-state index contributed by atoms with van der Waals surface area (Å²) in [6.07, 6.45) is 1.95. The second-order valence-corrected chi connectivity index (χ2v) is 11.7. The number of benzene rings is 1. The Labute approximate surface area is 230 Å². The van der Waals surface area contributed by atoms with Crippen molar-refractivity contribution in [1.82, 2.24) is 14.9 Å². The number of fused-ring (bicyclic) bond motifs is 1. The number of amides is 1. The van der Waals surface area contributed by atoms with E-state index in [1.807, 2.05) is 24.3 Å². The molecule has 0 aliphatic carbocycles. The van der Waals surface area contributed by atoms with Gasteiger partial charge in [-0.1, -0.05) is 6.92 Å². The average molecular weight is 549 g/mol. The van der Waals surface area contributed by atoms with Crippen LogP contribution in [0.1, 0.15) is 49.2 Å². The predicted octanol–water partition coefficient (Wildman–Crippen LogP) is 5.06. The van der Waals surface area contributed by atoms with Gasteiger partial charge in [0.1, 0.15) is 34.1 Å². The van der Waals surface area contributed by atoms with E-state index in [-0.39, 0.29) is 22.9 Å². The maximum Gasteiger partial charge on any atom is 0.222 e. The third-order valence-electron chi connectivity index (χ3n) is 8.80. The number of rotatable bonds is 4. The molecule has 0 radical (unpaired) electrons. The van der Waals surface area contributed by atoms with Gasteiger partial charge in [0.05, 0.1) is 23.4 Å². The number of nitriles is 1. The summed E-state index contributed by atoms with van der Waals surface area (Å²) in [5.74, 6) is -0.646. The summed E-state index contributed by atoms with van der Waals surface area (Å²) in [6.45, 7) is 9.27.